The Morgan fingerprint density at radius 1 is 0.346 bits per heavy atom. The van der Waals surface area contributed by atoms with Crippen molar-refractivity contribution in [2.75, 3.05) is 4.90 Å². The molecular formula is C46H30N6. The lowest BCUT2D eigenvalue weighted by atomic mass is 10.00. The van der Waals surface area contributed by atoms with Gasteiger partial charge in [0.15, 0.2) is 17.5 Å². The molecule has 0 bridgehead atoms. The maximum atomic E-state index is 5.26. The molecule has 1 aliphatic heterocycles. The predicted octanol–water partition coefficient (Wildman–Crippen LogP) is 11.3. The zero-order chi connectivity index (χ0) is 34.4. The fraction of sp³-hybridized carbons (Fsp3) is 0. The number of nitrogens with zero attached hydrogens (tertiary/aromatic N) is 6. The Balaban J connectivity index is 1.12. The minimum absolute atomic E-state index is 0.624. The van der Waals surface area contributed by atoms with Crippen LogP contribution in [-0.2, 0) is 0 Å². The van der Waals surface area contributed by atoms with Crippen molar-refractivity contribution in [1.29, 1.82) is 0 Å². The van der Waals surface area contributed by atoms with Gasteiger partial charge in [0.1, 0.15) is 0 Å². The molecule has 6 heteroatoms. The molecule has 244 valence electrons. The molecular weight excluding hydrogens is 637 g/mol. The van der Waals surface area contributed by atoms with Gasteiger partial charge in [-0.2, -0.15) is 0 Å². The summed E-state index contributed by atoms with van der Waals surface area (Å²) in [7, 11) is 0. The molecule has 0 N–H and O–H groups in total. The Labute approximate surface area is 301 Å². The van der Waals surface area contributed by atoms with E-state index in [0.717, 1.165) is 73.0 Å². The second-order valence-electron chi connectivity index (χ2n) is 12.8. The second-order valence-corrected chi connectivity index (χ2v) is 12.8. The monoisotopic (exact) mass is 666 g/mol. The van der Waals surface area contributed by atoms with Crippen LogP contribution in [0.4, 0.5) is 17.3 Å². The maximum Gasteiger partial charge on any atom is 0.220 e. The number of anilines is 3. The van der Waals surface area contributed by atoms with Gasteiger partial charge in [-0.05, 0) is 53.6 Å². The lowest BCUT2D eigenvalue weighted by Crippen LogP contribution is -2.14. The standard InChI is InChI=1S/C46H30N6/c1-3-15-31(16-4-1)43-48-44(32-17-5-2-6-18-32)50-45(49-43)35-21-13-19-33(29-35)34-20-14-22-36(30-34)51-40-26-10-7-23-37(40)38-24-8-11-27-41(38)52-42-28-12-9-25-39(42)47-46(51)52/h1-30H. The Morgan fingerprint density at radius 3 is 1.56 bits per heavy atom. The average Bonchev–Trinajstić information content (AvgIpc) is 3.55. The Bertz CT molecular complexity index is 2700. The molecule has 0 radical (unpaired) electrons. The summed E-state index contributed by atoms with van der Waals surface area (Å²) < 4.78 is 2.29. The van der Waals surface area contributed by atoms with Crippen molar-refractivity contribution in [2.24, 2.45) is 0 Å². The molecule has 6 nitrogen and oxygen atoms in total. The van der Waals surface area contributed by atoms with Crippen LogP contribution in [0.1, 0.15) is 0 Å². The molecule has 0 aliphatic carbocycles. The molecule has 0 unspecified atom stereocenters. The van der Waals surface area contributed by atoms with Crippen LogP contribution in [0.3, 0.4) is 0 Å². The molecule has 0 atom stereocenters. The van der Waals surface area contributed by atoms with E-state index in [2.05, 4.69) is 125 Å². The molecule has 3 heterocycles. The molecule has 0 saturated heterocycles. The Morgan fingerprint density at radius 2 is 0.846 bits per heavy atom. The summed E-state index contributed by atoms with van der Waals surface area (Å²) in [6.45, 7) is 0. The number of hydrogen-bond donors (Lipinski definition) is 0. The summed E-state index contributed by atoms with van der Waals surface area (Å²) >= 11 is 0. The fourth-order valence-corrected chi connectivity index (χ4v) is 7.16. The van der Waals surface area contributed by atoms with Crippen LogP contribution < -0.4 is 4.90 Å². The van der Waals surface area contributed by atoms with Gasteiger partial charge in [0, 0.05) is 33.5 Å². The molecule has 7 aromatic carbocycles. The molecule has 2 aromatic heterocycles. The number of fused-ring (bicyclic) bond motifs is 7. The quantitative estimate of drug-likeness (QED) is 0.183. The molecule has 9 aromatic rings. The third-order valence-electron chi connectivity index (χ3n) is 9.58. The van der Waals surface area contributed by atoms with Crippen molar-refractivity contribution in [1.82, 2.24) is 24.5 Å². The van der Waals surface area contributed by atoms with E-state index in [-0.39, 0.29) is 0 Å². The first-order valence-electron chi connectivity index (χ1n) is 17.3. The first kappa shape index (κ1) is 29.7. The molecule has 0 amide bonds. The zero-order valence-electron chi connectivity index (χ0n) is 28.0. The first-order valence-corrected chi connectivity index (χ1v) is 17.3. The van der Waals surface area contributed by atoms with Gasteiger partial charge in [0.25, 0.3) is 0 Å². The topological polar surface area (TPSA) is 59.7 Å². The van der Waals surface area contributed by atoms with Gasteiger partial charge in [0.05, 0.1) is 22.4 Å². The smallest absolute Gasteiger partial charge is 0.220 e. The van der Waals surface area contributed by atoms with E-state index in [9.17, 15) is 0 Å². The van der Waals surface area contributed by atoms with Crippen molar-refractivity contribution in [2.45, 2.75) is 0 Å². The summed E-state index contributed by atoms with van der Waals surface area (Å²) in [6, 6.07) is 62.8. The molecule has 10 rings (SSSR count). The number of rotatable bonds is 5. The van der Waals surface area contributed by atoms with Crippen LogP contribution >= 0.6 is 0 Å². The number of para-hydroxylation sites is 4. The predicted molar refractivity (Wildman–Crippen MR) is 210 cm³/mol. The minimum Gasteiger partial charge on any atom is -0.280 e. The van der Waals surface area contributed by atoms with Crippen LogP contribution in [0.5, 0.6) is 0 Å². The third kappa shape index (κ3) is 5.05. The fourth-order valence-electron chi connectivity index (χ4n) is 7.16. The lowest BCUT2D eigenvalue weighted by Gasteiger charge is -2.25. The molecule has 0 spiro atoms. The van der Waals surface area contributed by atoms with Crippen molar-refractivity contribution in [3.63, 3.8) is 0 Å². The van der Waals surface area contributed by atoms with E-state index in [0.29, 0.717) is 17.5 Å². The van der Waals surface area contributed by atoms with Crippen LogP contribution in [0, 0.1) is 0 Å². The summed E-state index contributed by atoms with van der Waals surface area (Å²) in [4.78, 5) is 22.4. The van der Waals surface area contributed by atoms with Crippen LogP contribution in [0.25, 0.3) is 73.1 Å². The SMILES string of the molecule is c1ccc(-c2nc(-c3ccccc3)nc(-c3cccc(-c4cccc(N5c6ccccc6-c6ccccc6-n6c5nc5ccccc56)c4)c3)n2)cc1. The van der Waals surface area contributed by atoms with Crippen molar-refractivity contribution < 1.29 is 0 Å². The van der Waals surface area contributed by atoms with Crippen LogP contribution in [-0.4, -0.2) is 24.5 Å². The van der Waals surface area contributed by atoms with Gasteiger partial charge in [-0.25, -0.2) is 19.9 Å². The van der Waals surface area contributed by atoms with Gasteiger partial charge in [0.2, 0.25) is 5.95 Å². The lowest BCUT2D eigenvalue weighted by molar-refractivity contribution is 1.05. The highest BCUT2D eigenvalue weighted by molar-refractivity contribution is 5.96. The van der Waals surface area contributed by atoms with Gasteiger partial charge in [-0.15, -0.1) is 0 Å². The Kier molecular flexibility index (Phi) is 7.03. The molecule has 52 heavy (non-hydrogen) atoms. The van der Waals surface area contributed by atoms with Gasteiger partial charge in [-0.3, -0.25) is 9.47 Å². The number of aromatic nitrogens is 5. The van der Waals surface area contributed by atoms with Crippen LogP contribution in [0.2, 0.25) is 0 Å². The minimum atomic E-state index is 0.624. The van der Waals surface area contributed by atoms with E-state index in [1.807, 2.05) is 66.7 Å². The number of hydrogen-bond acceptors (Lipinski definition) is 5. The van der Waals surface area contributed by atoms with Gasteiger partial charge in [-0.1, -0.05) is 140 Å². The van der Waals surface area contributed by atoms with E-state index >= 15 is 0 Å². The summed E-state index contributed by atoms with van der Waals surface area (Å²) in [5.41, 5.74) is 12.4. The molecule has 0 fully saturated rings. The first-order chi connectivity index (χ1) is 25.8. The molecule has 1 aliphatic rings. The van der Waals surface area contributed by atoms with E-state index in [1.54, 1.807) is 0 Å². The van der Waals surface area contributed by atoms with E-state index < -0.39 is 0 Å². The molecule has 0 saturated carbocycles. The highest BCUT2D eigenvalue weighted by Gasteiger charge is 2.29. The zero-order valence-corrected chi connectivity index (χ0v) is 28.0. The highest BCUT2D eigenvalue weighted by Crippen LogP contribution is 2.47. The summed E-state index contributed by atoms with van der Waals surface area (Å²) in [6.07, 6.45) is 0. The number of imidazole rings is 1. The van der Waals surface area contributed by atoms with Gasteiger partial charge >= 0.3 is 0 Å². The van der Waals surface area contributed by atoms with Crippen molar-refractivity contribution >= 4 is 28.4 Å². The van der Waals surface area contributed by atoms with Crippen molar-refractivity contribution in [3.05, 3.63) is 182 Å². The summed E-state index contributed by atoms with van der Waals surface area (Å²) in [5, 5.41) is 0. The average molecular weight is 667 g/mol. The van der Waals surface area contributed by atoms with E-state index in [1.165, 1.54) is 0 Å². The van der Waals surface area contributed by atoms with Crippen molar-refractivity contribution in [3.8, 4) is 62.1 Å². The van der Waals surface area contributed by atoms with Crippen LogP contribution in [0.15, 0.2) is 182 Å². The summed E-state index contributed by atoms with van der Waals surface area (Å²) in [5.74, 6) is 2.75. The van der Waals surface area contributed by atoms with Gasteiger partial charge < -0.3 is 0 Å². The normalized spacial score (nSPS) is 11.8. The largest absolute Gasteiger partial charge is 0.280 e. The van der Waals surface area contributed by atoms with E-state index in [4.69, 9.17) is 19.9 Å². The second kappa shape index (κ2) is 12.3. The maximum absolute atomic E-state index is 5.26. The number of benzene rings is 7. The Hall–Kier alpha value is -7.18. The highest BCUT2D eigenvalue weighted by atomic mass is 15.3. The third-order valence-corrected chi connectivity index (χ3v) is 9.58.